The molecule has 8 nitrogen and oxygen atoms in total. The Hall–Kier alpha value is -3.04. The monoisotopic (exact) mass is 457 g/mol. The van der Waals surface area contributed by atoms with Crippen LogP contribution in [-0.2, 0) is 26.7 Å². The summed E-state index contributed by atoms with van der Waals surface area (Å²) in [5.74, 6) is 0.0664. The SMILES string of the molecule is Cc1nnc(C(C)OC(=O)c2ccc(CNS(=O)(=O)c3ccc(C(C)(C)C)cc3)cc2)o1. The van der Waals surface area contributed by atoms with E-state index < -0.39 is 22.1 Å². The van der Waals surface area contributed by atoms with E-state index in [2.05, 4.69) is 35.7 Å². The molecule has 0 radical (unpaired) electrons. The van der Waals surface area contributed by atoms with Crippen LogP contribution in [-0.4, -0.2) is 24.6 Å². The first-order valence-corrected chi connectivity index (χ1v) is 11.6. The fourth-order valence-electron chi connectivity index (χ4n) is 2.91. The van der Waals surface area contributed by atoms with E-state index in [0.29, 0.717) is 17.0 Å². The average Bonchev–Trinajstić information content (AvgIpc) is 3.18. The molecule has 1 atom stereocenters. The van der Waals surface area contributed by atoms with E-state index in [9.17, 15) is 13.2 Å². The lowest BCUT2D eigenvalue weighted by molar-refractivity contribution is 0.0277. The molecule has 0 aliphatic carbocycles. The Morgan fingerprint density at radius 3 is 2.22 bits per heavy atom. The second kappa shape index (κ2) is 9.22. The molecular formula is C23H27N3O5S. The molecule has 0 aliphatic heterocycles. The van der Waals surface area contributed by atoms with Gasteiger partial charge in [0.2, 0.25) is 15.9 Å². The molecule has 1 unspecified atom stereocenters. The molecule has 0 aliphatic rings. The van der Waals surface area contributed by atoms with Crippen molar-refractivity contribution in [1.29, 1.82) is 0 Å². The van der Waals surface area contributed by atoms with Gasteiger partial charge >= 0.3 is 5.97 Å². The molecule has 1 aromatic heterocycles. The molecule has 9 heteroatoms. The topological polar surface area (TPSA) is 111 Å². The number of carbonyl (C=O) groups is 1. The van der Waals surface area contributed by atoms with E-state index in [1.165, 1.54) is 0 Å². The molecule has 3 rings (SSSR count). The first-order chi connectivity index (χ1) is 15.0. The van der Waals surface area contributed by atoms with E-state index >= 15 is 0 Å². The third-order valence-corrected chi connectivity index (χ3v) is 6.28. The minimum absolute atomic E-state index is 0.0549. The number of ether oxygens (including phenoxy) is 1. The summed E-state index contributed by atoms with van der Waals surface area (Å²) in [4.78, 5) is 12.5. The van der Waals surface area contributed by atoms with Gasteiger partial charge < -0.3 is 9.15 Å². The van der Waals surface area contributed by atoms with E-state index in [0.717, 1.165) is 5.56 Å². The molecule has 0 amide bonds. The lowest BCUT2D eigenvalue weighted by atomic mass is 9.87. The molecule has 3 aromatic rings. The number of hydrogen-bond donors (Lipinski definition) is 1. The molecule has 170 valence electrons. The van der Waals surface area contributed by atoms with Gasteiger partial charge in [0, 0.05) is 13.5 Å². The highest BCUT2D eigenvalue weighted by Crippen LogP contribution is 2.23. The lowest BCUT2D eigenvalue weighted by Gasteiger charge is -2.19. The summed E-state index contributed by atoms with van der Waals surface area (Å²) in [6.45, 7) is 9.60. The third-order valence-electron chi connectivity index (χ3n) is 4.86. The molecule has 0 fully saturated rings. The molecule has 0 spiro atoms. The van der Waals surface area contributed by atoms with Gasteiger partial charge in [-0.15, -0.1) is 10.2 Å². The maximum Gasteiger partial charge on any atom is 0.338 e. The van der Waals surface area contributed by atoms with E-state index in [4.69, 9.17) is 9.15 Å². The van der Waals surface area contributed by atoms with E-state index in [1.807, 2.05) is 12.1 Å². The Bertz CT molecular complexity index is 1180. The highest BCUT2D eigenvalue weighted by molar-refractivity contribution is 7.89. The van der Waals surface area contributed by atoms with Crippen molar-refractivity contribution in [2.75, 3.05) is 0 Å². The number of hydrogen-bond acceptors (Lipinski definition) is 7. The van der Waals surface area contributed by atoms with Gasteiger partial charge in [-0.3, -0.25) is 0 Å². The van der Waals surface area contributed by atoms with Gasteiger partial charge in [-0.05, 0) is 47.7 Å². The zero-order valence-electron chi connectivity index (χ0n) is 18.7. The summed E-state index contributed by atoms with van der Waals surface area (Å²) in [7, 11) is -3.66. The molecule has 2 aromatic carbocycles. The normalized spacial score (nSPS) is 13.0. The van der Waals surface area contributed by atoms with Crippen molar-refractivity contribution in [3.63, 3.8) is 0 Å². The molecule has 32 heavy (non-hydrogen) atoms. The number of rotatable bonds is 7. The maximum atomic E-state index is 12.6. The summed E-state index contributed by atoms with van der Waals surface area (Å²) < 4.78 is 38.4. The summed E-state index contributed by atoms with van der Waals surface area (Å²) in [5, 5.41) is 7.55. The van der Waals surface area contributed by atoms with Crippen LogP contribution in [0.15, 0.2) is 57.8 Å². The Morgan fingerprint density at radius 1 is 1.06 bits per heavy atom. The van der Waals surface area contributed by atoms with Crippen LogP contribution in [0.1, 0.15) is 67.1 Å². The Morgan fingerprint density at radius 2 is 1.69 bits per heavy atom. The highest BCUT2D eigenvalue weighted by atomic mass is 32.2. The molecule has 0 saturated carbocycles. The lowest BCUT2D eigenvalue weighted by Crippen LogP contribution is -2.23. The summed E-state index contributed by atoms with van der Waals surface area (Å²) >= 11 is 0. The predicted molar refractivity (Wildman–Crippen MR) is 118 cm³/mol. The minimum Gasteiger partial charge on any atom is -0.449 e. The fraction of sp³-hybridized carbons (Fsp3) is 0.348. The van der Waals surface area contributed by atoms with Crippen molar-refractivity contribution < 1.29 is 22.4 Å². The maximum absolute atomic E-state index is 12.6. The Kier molecular flexibility index (Phi) is 6.80. The second-order valence-corrected chi connectivity index (χ2v) is 10.3. The quantitative estimate of drug-likeness (QED) is 0.532. The van der Waals surface area contributed by atoms with E-state index in [1.54, 1.807) is 50.2 Å². The van der Waals surface area contributed by atoms with Crippen molar-refractivity contribution in [3.05, 3.63) is 77.0 Å². The van der Waals surface area contributed by atoms with Crippen molar-refractivity contribution in [2.45, 2.75) is 57.6 Å². The van der Waals surface area contributed by atoms with Crippen LogP contribution in [0.25, 0.3) is 0 Å². The van der Waals surface area contributed by atoms with Crippen LogP contribution in [0, 0.1) is 6.92 Å². The van der Waals surface area contributed by atoms with Crippen LogP contribution in [0.3, 0.4) is 0 Å². The van der Waals surface area contributed by atoms with Crippen LogP contribution < -0.4 is 4.72 Å². The van der Waals surface area contributed by atoms with Crippen LogP contribution in [0.5, 0.6) is 0 Å². The number of aromatic nitrogens is 2. The van der Waals surface area contributed by atoms with Crippen molar-refractivity contribution >= 4 is 16.0 Å². The molecule has 1 heterocycles. The average molecular weight is 458 g/mol. The standard InChI is InChI=1S/C23H27N3O5S/c1-15(21-26-25-16(2)31-21)30-22(27)18-8-6-17(7-9-18)14-24-32(28,29)20-12-10-19(11-13-20)23(3,4)5/h6-13,15,24H,14H2,1-5H3. The fourth-order valence-corrected chi connectivity index (χ4v) is 3.93. The van der Waals surface area contributed by atoms with Gasteiger partial charge in [0.15, 0.2) is 6.10 Å². The number of nitrogens with zero attached hydrogens (tertiary/aromatic N) is 2. The van der Waals surface area contributed by atoms with Crippen LogP contribution >= 0.6 is 0 Å². The van der Waals surface area contributed by atoms with Gasteiger partial charge in [0.05, 0.1) is 10.5 Å². The number of sulfonamides is 1. The zero-order valence-corrected chi connectivity index (χ0v) is 19.6. The van der Waals surface area contributed by atoms with Gasteiger partial charge in [-0.2, -0.15) is 0 Å². The smallest absolute Gasteiger partial charge is 0.338 e. The van der Waals surface area contributed by atoms with Gasteiger partial charge in [-0.25, -0.2) is 17.9 Å². The van der Waals surface area contributed by atoms with Crippen LogP contribution in [0.2, 0.25) is 0 Å². The summed E-state index contributed by atoms with van der Waals surface area (Å²) in [6.07, 6.45) is -0.681. The van der Waals surface area contributed by atoms with Crippen LogP contribution in [0.4, 0.5) is 0 Å². The number of aryl methyl sites for hydroxylation is 1. The molecule has 1 N–H and O–H groups in total. The Labute approximate surface area is 188 Å². The zero-order chi connectivity index (χ0) is 23.5. The van der Waals surface area contributed by atoms with Crippen molar-refractivity contribution in [1.82, 2.24) is 14.9 Å². The van der Waals surface area contributed by atoms with Crippen molar-refractivity contribution in [3.8, 4) is 0 Å². The van der Waals surface area contributed by atoms with Gasteiger partial charge in [-0.1, -0.05) is 45.0 Å². The third kappa shape index (κ3) is 5.80. The molecule has 0 bridgehead atoms. The minimum atomic E-state index is -3.66. The van der Waals surface area contributed by atoms with Gasteiger partial charge in [0.1, 0.15) is 0 Å². The van der Waals surface area contributed by atoms with E-state index in [-0.39, 0.29) is 22.7 Å². The Balaban J connectivity index is 1.59. The highest BCUT2D eigenvalue weighted by Gasteiger charge is 2.19. The molecular weight excluding hydrogens is 430 g/mol. The number of esters is 1. The second-order valence-electron chi connectivity index (χ2n) is 8.50. The summed E-state index contributed by atoms with van der Waals surface area (Å²) in [6, 6.07) is 13.4. The number of nitrogens with one attached hydrogen (secondary N) is 1. The predicted octanol–water partition coefficient (Wildman–Crippen LogP) is 4.07. The van der Waals surface area contributed by atoms with Crippen molar-refractivity contribution in [2.24, 2.45) is 0 Å². The largest absolute Gasteiger partial charge is 0.449 e. The number of carbonyl (C=O) groups excluding carboxylic acids is 1. The van der Waals surface area contributed by atoms with Gasteiger partial charge in [0.25, 0.3) is 5.89 Å². The molecule has 0 saturated heterocycles. The number of benzene rings is 2. The first-order valence-electron chi connectivity index (χ1n) is 10.2. The summed E-state index contributed by atoms with van der Waals surface area (Å²) in [5.41, 5.74) is 2.04. The first kappa shape index (κ1) is 23.6.